The fourth-order valence-electron chi connectivity index (χ4n) is 4.61. The van der Waals surface area contributed by atoms with Crippen LogP contribution < -0.4 is 0 Å². The highest BCUT2D eigenvalue weighted by molar-refractivity contribution is 5.72. The molecule has 1 saturated heterocycles. The topological polar surface area (TPSA) is 55.8 Å². The van der Waals surface area contributed by atoms with E-state index in [1.807, 2.05) is 0 Å². The normalized spacial score (nSPS) is 35.4. The van der Waals surface area contributed by atoms with E-state index < -0.39 is 65.9 Å². The zero-order chi connectivity index (χ0) is 24.8. The summed E-state index contributed by atoms with van der Waals surface area (Å²) in [7, 11) is 0. The van der Waals surface area contributed by atoms with Crippen molar-refractivity contribution in [2.75, 3.05) is 0 Å². The van der Waals surface area contributed by atoms with Crippen molar-refractivity contribution in [3.05, 3.63) is 0 Å². The highest BCUT2D eigenvalue weighted by atomic mass is 19.4. The molecule has 1 aliphatic carbocycles. The molecule has 0 radical (unpaired) electrons. The zero-order valence-electron chi connectivity index (χ0n) is 18.0. The van der Waals surface area contributed by atoms with Crippen molar-refractivity contribution < 1.29 is 54.5 Å². The van der Waals surface area contributed by atoms with Crippen molar-refractivity contribution in [1.29, 1.82) is 0 Å². The van der Waals surface area contributed by atoms with Crippen LogP contribution in [0.4, 0.5) is 35.1 Å². The van der Waals surface area contributed by atoms with Gasteiger partial charge in [-0.25, -0.2) is 0 Å². The van der Waals surface area contributed by atoms with Gasteiger partial charge in [0.15, 0.2) is 11.2 Å². The minimum Gasteiger partial charge on any atom is -0.452 e. The molecule has 1 heterocycles. The van der Waals surface area contributed by atoms with Gasteiger partial charge in [-0.05, 0) is 31.6 Å². The van der Waals surface area contributed by atoms with Crippen molar-refractivity contribution in [2.24, 2.45) is 11.8 Å². The van der Waals surface area contributed by atoms with Crippen LogP contribution in [0.1, 0.15) is 72.1 Å². The minimum absolute atomic E-state index is 0.0529. The summed E-state index contributed by atoms with van der Waals surface area (Å²) in [4.78, 5) is 12.4. The van der Waals surface area contributed by atoms with Crippen LogP contribution in [0.2, 0.25) is 0 Å². The maximum Gasteiger partial charge on any atom is 0.449 e. The third-order valence-corrected chi connectivity index (χ3v) is 6.89. The summed E-state index contributed by atoms with van der Waals surface area (Å²) in [6.07, 6.45) is -14.2. The van der Waals surface area contributed by atoms with E-state index in [-0.39, 0.29) is 32.1 Å². The molecule has 1 N–H and O–H groups in total. The van der Waals surface area contributed by atoms with Gasteiger partial charge in [-0.15, -0.1) is 0 Å². The molecule has 1 aliphatic heterocycles. The molecule has 0 aromatic rings. The van der Waals surface area contributed by atoms with E-state index in [0.29, 0.717) is 6.42 Å². The molecule has 0 aromatic heterocycles. The molecule has 188 valence electrons. The van der Waals surface area contributed by atoms with Gasteiger partial charge in [0.05, 0.1) is 5.92 Å². The second-order valence-electron chi connectivity index (χ2n) is 8.80. The van der Waals surface area contributed by atoms with E-state index in [1.54, 1.807) is 0 Å². The highest BCUT2D eigenvalue weighted by Gasteiger charge is 2.87. The van der Waals surface area contributed by atoms with Crippen LogP contribution in [0.3, 0.4) is 0 Å². The number of ether oxygens (including phenoxy) is 2. The van der Waals surface area contributed by atoms with Crippen molar-refractivity contribution in [1.82, 2.24) is 0 Å². The Balaban J connectivity index is 2.79. The van der Waals surface area contributed by atoms with Crippen molar-refractivity contribution in [3.8, 4) is 0 Å². The Labute approximate surface area is 180 Å². The fourth-order valence-corrected chi connectivity index (χ4v) is 4.61. The summed E-state index contributed by atoms with van der Waals surface area (Å²) in [6.45, 7) is 3.61. The molecule has 2 rings (SSSR count). The van der Waals surface area contributed by atoms with Crippen LogP contribution in [0.5, 0.6) is 0 Å². The summed E-state index contributed by atoms with van der Waals surface area (Å²) in [5, 5.41) is 10.2. The number of alkyl halides is 8. The van der Waals surface area contributed by atoms with Gasteiger partial charge >= 0.3 is 30.0 Å². The number of esters is 1. The summed E-state index contributed by atoms with van der Waals surface area (Å²) >= 11 is 0. The monoisotopic (exact) mass is 484 g/mol. The third kappa shape index (κ3) is 3.99. The van der Waals surface area contributed by atoms with Gasteiger partial charge in [-0.1, -0.05) is 40.0 Å². The maximum atomic E-state index is 15.4. The number of halogens is 8. The van der Waals surface area contributed by atoms with E-state index in [2.05, 4.69) is 4.74 Å². The SMILES string of the molecule is CCC(C)C(=O)OC1(CC)CC(C2CCCCC2)(C(F)(F)F)OC(O)(C(F)(F)F)C1(F)F. The number of carbonyl (C=O) groups is 1. The number of carbonyl (C=O) groups excluding carboxylic acids is 1. The largest absolute Gasteiger partial charge is 0.452 e. The molecule has 2 fully saturated rings. The highest BCUT2D eigenvalue weighted by Crippen LogP contribution is 2.64. The molecule has 2 aliphatic rings. The average Bonchev–Trinajstić information content (AvgIpc) is 2.69. The molecule has 1 saturated carbocycles. The van der Waals surface area contributed by atoms with Crippen LogP contribution in [-0.4, -0.2) is 46.3 Å². The summed E-state index contributed by atoms with van der Waals surface area (Å²) in [5.41, 5.74) is -7.38. The molecular weight excluding hydrogens is 456 g/mol. The van der Waals surface area contributed by atoms with Crippen LogP contribution in [-0.2, 0) is 14.3 Å². The fraction of sp³-hybridized carbons (Fsp3) is 0.950. The Morgan fingerprint density at radius 1 is 1.06 bits per heavy atom. The second-order valence-corrected chi connectivity index (χ2v) is 8.80. The van der Waals surface area contributed by atoms with E-state index in [0.717, 1.165) is 6.92 Å². The minimum atomic E-state index is -6.31. The van der Waals surface area contributed by atoms with E-state index in [1.165, 1.54) is 13.8 Å². The molecule has 4 nitrogen and oxygen atoms in total. The molecule has 4 unspecified atom stereocenters. The molecule has 0 bridgehead atoms. The zero-order valence-corrected chi connectivity index (χ0v) is 18.0. The van der Waals surface area contributed by atoms with Crippen LogP contribution in [0.25, 0.3) is 0 Å². The van der Waals surface area contributed by atoms with Gasteiger partial charge < -0.3 is 14.6 Å². The number of aliphatic hydroxyl groups is 1. The van der Waals surface area contributed by atoms with Crippen LogP contribution in [0, 0.1) is 11.8 Å². The summed E-state index contributed by atoms with van der Waals surface area (Å²) in [5.74, 6) is -15.0. The lowest BCUT2D eigenvalue weighted by atomic mass is 9.65. The van der Waals surface area contributed by atoms with E-state index in [4.69, 9.17) is 4.74 Å². The third-order valence-electron chi connectivity index (χ3n) is 6.89. The second kappa shape index (κ2) is 8.56. The van der Waals surface area contributed by atoms with Crippen LogP contribution >= 0.6 is 0 Å². The number of rotatable bonds is 5. The first-order valence-corrected chi connectivity index (χ1v) is 10.6. The molecule has 4 atom stereocenters. The Morgan fingerprint density at radius 2 is 1.59 bits per heavy atom. The Morgan fingerprint density at radius 3 is 2.00 bits per heavy atom. The Hall–Kier alpha value is -1.17. The molecule has 32 heavy (non-hydrogen) atoms. The van der Waals surface area contributed by atoms with Gasteiger partial charge in [-0.3, -0.25) is 4.79 Å². The predicted octanol–water partition coefficient (Wildman–Crippen LogP) is 5.91. The first kappa shape index (κ1) is 27.1. The lowest BCUT2D eigenvalue weighted by Crippen LogP contribution is -2.80. The maximum absolute atomic E-state index is 15.4. The van der Waals surface area contributed by atoms with Gasteiger partial charge in [0.1, 0.15) is 0 Å². The Kier molecular flexibility index (Phi) is 7.24. The van der Waals surface area contributed by atoms with Crippen LogP contribution in [0.15, 0.2) is 0 Å². The lowest BCUT2D eigenvalue weighted by molar-refractivity contribution is -0.524. The number of hydrogen-bond acceptors (Lipinski definition) is 4. The summed E-state index contributed by atoms with van der Waals surface area (Å²) in [6, 6.07) is 0. The van der Waals surface area contributed by atoms with Crippen molar-refractivity contribution in [3.63, 3.8) is 0 Å². The summed E-state index contributed by atoms with van der Waals surface area (Å²) < 4.78 is 124. The van der Waals surface area contributed by atoms with Gasteiger partial charge in [0.2, 0.25) is 0 Å². The first-order valence-electron chi connectivity index (χ1n) is 10.6. The first-order chi connectivity index (χ1) is 14.4. The Bertz CT molecular complexity index is 688. The van der Waals surface area contributed by atoms with Gasteiger partial charge in [-0.2, -0.15) is 35.1 Å². The predicted molar refractivity (Wildman–Crippen MR) is 95.6 cm³/mol. The van der Waals surface area contributed by atoms with Gasteiger partial charge in [0.25, 0.3) is 0 Å². The molecule has 12 heteroatoms. The molecule has 0 amide bonds. The standard InChI is InChI=1S/C20H28F8O4/c1-4-12(3)14(29)31-15(5-2)11-16(19(23,24)25,13-9-7-6-8-10-13)32-18(30,17(15,21)22)20(26,27)28/h12-13,30H,4-11H2,1-3H3. The smallest absolute Gasteiger partial charge is 0.449 e. The van der Waals surface area contributed by atoms with Crippen molar-refractivity contribution in [2.45, 2.75) is 107 Å². The molecule has 0 spiro atoms. The quantitative estimate of drug-likeness (QED) is 0.389. The molecular formula is C20H28F8O4. The van der Waals surface area contributed by atoms with Gasteiger partial charge in [0, 0.05) is 6.42 Å². The van der Waals surface area contributed by atoms with Crippen molar-refractivity contribution >= 4 is 5.97 Å². The molecule has 0 aromatic carbocycles. The van der Waals surface area contributed by atoms with E-state index >= 15 is 8.78 Å². The lowest BCUT2D eigenvalue weighted by Gasteiger charge is -2.59. The average molecular weight is 484 g/mol. The van der Waals surface area contributed by atoms with E-state index in [9.17, 15) is 36.2 Å². The number of hydrogen-bond donors (Lipinski definition) is 1.